The first-order chi connectivity index (χ1) is 31.4. The second-order valence-electron chi connectivity index (χ2n) is 25.2. The summed E-state index contributed by atoms with van der Waals surface area (Å²) in [6.45, 7) is 35.4. The van der Waals surface area contributed by atoms with Gasteiger partial charge in [0.15, 0.2) is 0 Å². The molecule has 0 bridgehead atoms. The molecule has 0 radical (unpaired) electrons. The van der Waals surface area contributed by atoms with Crippen LogP contribution in [-0.2, 0) is 27.1 Å². The van der Waals surface area contributed by atoms with Crippen molar-refractivity contribution in [1.29, 1.82) is 0 Å². The molecule has 0 saturated heterocycles. The number of anilines is 6. The molecular weight excluding hydrogens is 814 g/mol. The fourth-order valence-electron chi connectivity index (χ4n) is 11.4. The van der Waals surface area contributed by atoms with Crippen molar-refractivity contribution in [2.24, 2.45) is 0 Å². The smallest absolute Gasteiger partial charge is 0.252 e. The van der Waals surface area contributed by atoms with Gasteiger partial charge in [0, 0.05) is 50.4 Å². The molecule has 2 aromatic heterocycles. The summed E-state index contributed by atoms with van der Waals surface area (Å²) in [5, 5.41) is 4.93. The van der Waals surface area contributed by atoms with Crippen molar-refractivity contribution in [1.82, 2.24) is 4.57 Å². The second-order valence-corrected chi connectivity index (χ2v) is 25.2. The second kappa shape index (κ2) is 13.3. The van der Waals surface area contributed by atoms with Gasteiger partial charge in [-0.2, -0.15) is 0 Å². The van der Waals surface area contributed by atoms with Crippen molar-refractivity contribution < 1.29 is 4.42 Å². The normalized spacial score (nSPS) is 14.7. The summed E-state index contributed by atoms with van der Waals surface area (Å²) >= 11 is 0. The predicted molar refractivity (Wildman–Crippen MR) is 289 cm³/mol. The van der Waals surface area contributed by atoms with E-state index in [-0.39, 0.29) is 33.8 Å². The highest BCUT2D eigenvalue weighted by Crippen LogP contribution is 2.55. The minimum absolute atomic E-state index is 0.00791. The van der Waals surface area contributed by atoms with Crippen LogP contribution in [0.5, 0.6) is 0 Å². The van der Waals surface area contributed by atoms with E-state index in [4.69, 9.17) is 4.42 Å². The van der Waals surface area contributed by atoms with E-state index in [1.54, 1.807) is 0 Å². The zero-order chi connectivity index (χ0) is 47.2. The van der Waals surface area contributed by atoms with E-state index in [1.807, 2.05) is 0 Å². The van der Waals surface area contributed by atoms with Gasteiger partial charge in [-0.1, -0.05) is 146 Å². The molecule has 5 heterocycles. The van der Waals surface area contributed by atoms with Crippen molar-refractivity contribution in [3.05, 3.63) is 143 Å². The van der Waals surface area contributed by atoms with Crippen LogP contribution in [0.25, 0.3) is 49.4 Å². The Balaban J connectivity index is 1.27. The summed E-state index contributed by atoms with van der Waals surface area (Å²) in [7, 11) is 0. The van der Waals surface area contributed by atoms with Crippen LogP contribution < -0.4 is 26.2 Å². The molecule has 0 atom stereocenters. The molecule has 336 valence electrons. The molecule has 0 N–H and O–H groups in total. The standard InChI is InChI=1S/C62H64BN3O/c1-58(2,3)35-20-24-47-43(26-35)44-27-37(60(7,8)9)32-51-56(44)65(47)52-33-38(61(10,11)12)29-46-57(52)66(51)50-31-39(62(13,14)15)30-49-55(50)63(46)45-28-36(59(4,5)6)21-25-48(45)64(49)40-22-23-42-41-18-16-17-19-53(41)67-54(42)34-40/h16-34H,1-15H3. The molecule has 3 aliphatic heterocycles. The lowest BCUT2D eigenvalue weighted by molar-refractivity contribution is 0.589. The Morgan fingerprint density at radius 3 is 1.61 bits per heavy atom. The highest BCUT2D eigenvalue weighted by atomic mass is 16.3. The Hall–Kier alpha value is -6.20. The zero-order valence-electron chi connectivity index (χ0n) is 42.3. The molecule has 4 nitrogen and oxygen atoms in total. The Labute approximate surface area is 397 Å². The lowest BCUT2D eigenvalue weighted by Gasteiger charge is -2.47. The Morgan fingerprint density at radius 2 is 0.925 bits per heavy atom. The molecule has 12 rings (SSSR count). The summed E-state index contributed by atoms with van der Waals surface area (Å²) in [6, 6.07) is 45.1. The molecular formula is C62H64BN3O. The van der Waals surface area contributed by atoms with Gasteiger partial charge in [-0.25, -0.2) is 0 Å². The van der Waals surface area contributed by atoms with Gasteiger partial charge in [-0.3, -0.25) is 0 Å². The number of aromatic nitrogens is 1. The van der Waals surface area contributed by atoms with Crippen LogP contribution >= 0.6 is 0 Å². The minimum atomic E-state index is -0.137. The zero-order valence-corrected chi connectivity index (χ0v) is 42.3. The summed E-state index contributed by atoms with van der Waals surface area (Å²) in [4.78, 5) is 5.27. The average Bonchev–Trinajstić information content (AvgIpc) is 3.79. The van der Waals surface area contributed by atoms with Gasteiger partial charge < -0.3 is 18.8 Å². The molecule has 0 spiro atoms. The van der Waals surface area contributed by atoms with Gasteiger partial charge in [0.25, 0.3) is 6.71 Å². The van der Waals surface area contributed by atoms with Crippen LogP contribution in [0.2, 0.25) is 0 Å². The summed E-state index contributed by atoms with van der Waals surface area (Å²) in [5.74, 6) is 0. The molecule has 7 aromatic carbocycles. The SMILES string of the molecule is CC(C)(C)c1ccc2c(c1)B1c3cc(C(C)(C)C)cc4c3N(c3cc(C(C)(C)C)cc(c31)N2c1ccc2c(c1)oc1ccccc12)c1cc(C(C)(C)C)cc2c3cc(C(C)(C)C)ccc3n-4c12. The fourth-order valence-corrected chi connectivity index (χ4v) is 11.4. The van der Waals surface area contributed by atoms with E-state index in [0.717, 1.165) is 27.6 Å². The minimum Gasteiger partial charge on any atom is -0.456 e. The third kappa shape index (κ3) is 6.05. The molecule has 0 fully saturated rings. The highest BCUT2D eigenvalue weighted by molar-refractivity contribution is 7.00. The van der Waals surface area contributed by atoms with Gasteiger partial charge in [0.05, 0.1) is 28.1 Å². The summed E-state index contributed by atoms with van der Waals surface area (Å²) < 4.78 is 9.29. The van der Waals surface area contributed by atoms with Gasteiger partial charge in [-0.05, 0) is 138 Å². The highest BCUT2D eigenvalue weighted by Gasteiger charge is 2.48. The van der Waals surface area contributed by atoms with Crippen LogP contribution in [0.3, 0.4) is 0 Å². The quantitative estimate of drug-likeness (QED) is 0.154. The maximum atomic E-state index is 6.64. The van der Waals surface area contributed by atoms with Crippen molar-refractivity contribution in [2.45, 2.75) is 131 Å². The van der Waals surface area contributed by atoms with E-state index in [1.165, 1.54) is 100 Å². The van der Waals surface area contributed by atoms with Gasteiger partial charge in [0.1, 0.15) is 11.2 Å². The topological polar surface area (TPSA) is 24.6 Å². The number of hydrogen-bond donors (Lipinski definition) is 0. The maximum absolute atomic E-state index is 6.64. The molecule has 0 saturated carbocycles. The third-order valence-electron chi connectivity index (χ3n) is 15.4. The molecule has 5 heteroatoms. The molecule has 0 amide bonds. The summed E-state index contributed by atoms with van der Waals surface area (Å²) in [6.07, 6.45) is 0. The number of fused-ring (bicyclic) bond motifs is 12. The lowest BCUT2D eigenvalue weighted by atomic mass is 9.33. The van der Waals surface area contributed by atoms with Crippen molar-refractivity contribution in [3.63, 3.8) is 0 Å². The summed E-state index contributed by atoms with van der Waals surface area (Å²) in [5.41, 5.74) is 23.4. The van der Waals surface area contributed by atoms with Crippen LogP contribution in [0.1, 0.15) is 132 Å². The van der Waals surface area contributed by atoms with Gasteiger partial charge in [-0.15, -0.1) is 0 Å². The van der Waals surface area contributed by atoms with E-state index in [0.29, 0.717) is 0 Å². The van der Waals surface area contributed by atoms with E-state index in [2.05, 4.69) is 233 Å². The van der Waals surface area contributed by atoms with E-state index >= 15 is 0 Å². The van der Waals surface area contributed by atoms with E-state index < -0.39 is 0 Å². The maximum Gasteiger partial charge on any atom is 0.252 e. The van der Waals surface area contributed by atoms with Crippen LogP contribution in [0.15, 0.2) is 120 Å². The van der Waals surface area contributed by atoms with Crippen molar-refractivity contribution >= 4 is 101 Å². The molecule has 3 aliphatic rings. The molecule has 67 heavy (non-hydrogen) atoms. The third-order valence-corrected chi connectivity index (χ3v) is 15.4. The van der Waals surface area contributed by atoms with Crippen LogP contribution in [0, 0.1) is 0 Å². The average molecular weight is 878 g/mol. The molecule has 9 aromatic rings. The Morgan fingerprint density at radius 1 is 0.388 bits per heavy atom. The monoisotopic (exact) mass is 878 g/mol. The van der Waals surface area contributed by atoms with Crippen LogP contribution in [-0.4, -0.2) is 11.3 Å². The predicted octanol–water partition coefficient (Wildman–Crippen LogP) is 15.6. The first kappa shape index (κ1) is 42.2. The van der Waals surface area contributed by atoms with Gasteiger partial charge in [0.2, 0.25) is 0 Å². The number of benzene rings is 7. The van der Waals surface area contributed by atoms with Crippen molar-refractivity contribution in [3.8, 4) is 5.69 Å². The van der Waals surface area contributed by atoms with E-state index in [9.17, 15) is 0 Å². The lowest BCUT2D eigenvalue weighted by Crippen LogP contribution is -2.62. The van der Waals surface area contributed by atoms with Crippen molar-refractivity contribution in [2.75, 3.05) is 9.80 Å². The number of para-hydroxylation sites is 1. The number of hydrogen-bond acceptors (Lipinski definition) is 3. The largest absolute Gasteiger partial charge is 0.456 e. The fraction of sp³-hybridized carbons (Fsp3) is 0.323. The first-order valence-electron chi connectivity index (χ1n) is 24.5. The Bertz CT molecular complexity index is 3620. The number of furan rings is 1. The number of rotatable bonds is 1. The van der Waals surface area contributed by atoms with Crippen LogP contribution in [0.4, 0.5) is 34.1 Å². The Kier molecular flexibility index (Phi) is 8.36. The van der Waals surface area contributed by atoms with Gasteiger partial charge >= 0.3 is 0 Å². The molecule has 0 unspecified atom stereocenters. The first-order valence-corrected chi connectivity index (χ1v) is 24.5. The number of nitrogens with zero attached hydrogens (tertiary/aromatic N) is 3. The molecule has 0 aliphatic carbocycles.